The van der Waals surface area contributed by atoms with Crippen LogP contribution in [0.1, 0.15) is 47.5 Å². The summed E-state index contributed by atoms with van der Waals surface area (Å²) in [6, 6.07) is 0. The van der Waals surface area contributed by atoms with E-state index < -0.39 is 11.7 Å². The van der Waals surface area contributed by atoms with E-state index in [9.17, 15) is 9.59 Å². The highest BCUT2D eigenvalue weighted by Crippen LogP contribution is 2.07. The quantitative estimate of drug-likeness (QED) is 0.664. The van der Waals surface area contributed by atoms with Gasteiger partial charge in [0.05, 0.1) is 5.75 Å². The van der Waals surface area contributed by atoms with Crippen LogP contribution in [-0.2, 0) is 9.53 Å². The van der Waals surface area contributed by atoms with Crippen LogP contribution in [0.5, 0.6) is 0 Å². The van der Waals surface area contributed by atoms with Crippen LogP contribution in [0.4, 0.5) is 4.79 Å². The average molecular weight is 318 g/mol. The molecule has 0 bridgehead atoms. The van der Waals surface area contributed by atoms with E-state index in [0.717, 1.165) is 25.9 Å². The number of hydrogen-bond donors (Lipinski definition) is 1. The van der Waals surface area contributed by atoms with Crippen LogP contribution in [0, 0.1) is 0 Å². The van der Waals surface area contributed by atoms with Crippen LogP contribution >= 0.6 is 11.8 Å². The molecule has 0 fully saturated rings. The zero-order chi connectivity index (χ0) is 16.3. The Kier molecular flexibility index (Phi) is 10.3. The number of alkyl carbamates (subject to hydrolysis) is 1. The molecule has 0 aliphatic heterocycles. The molecule has 0 heterocycles. The summed E-state index contributed by atoms with van der Waals surface area (Å²) in [6.45, 7) is 11.7. The molecule has 0 saturated heterocycles. The number of nitrogens with one attached hydrogen (secondary N) is 1. The molecule has 2 amide bonds. The second-order valence-electron chi connectivity index (χ2n) is 5.81. The molecule has 0 unspecified atom stereocenters. The van der Waals surface area contributed by atoms with E-state index >= 15 is 0 Å². The highest BCUT2D eigenvalue weighted by atomic mass is 32.2. The van der Waals surface area contributed by atoms with Gasteiger partial charge >= 0.3 is 6.09 Å². The fourth-order valence-corrected chi connectivity index (χ4v) is 2.35. The fraction of sp³-hybridized carbons (Fsp3) is 0.867. The summed E-state index contributed by atoms with van der Waals surface area (Å²) in [4.78, 5) is 25.3. The lowest BCUT2D eigenvalue weighted by atomic mass is 10.2. The molecule has 21 heavy (non-hydrogen) atoms. The molecule has 0 rings (SSSR count). The zero-order valence-electron chi connectivity index (χ0n) is 14.0. The molecule has 0 aliphatic carbocycles. The van der Waals surface area contributed by atoms with Crippen molar-refractivity contribution >= 4 is 23.8 Å². The summed E-state index contributed by atoms with van der Waals surface area (Å²) in [5, 5.41) is 2.68. The SMILES string of the molecule is CCCCN(CC)C(=O)CSCCNC(=O)OC(C)(C)C. The Bertz CT molecular complexity index is 317. The summed E-state index contributed by atoms with van der Waals surface area (Å²) in [7, 11) is 0. The first kappa shape index (κ1) is 20.1. The largest absolute Gasteiger partial charge is 0.444 e. The fourth-order valence-electron chi connectivity index (χ4n) is 1.60. The number of hydrogen-bond acceptors (Lipinski definition) is 4. The molecule has 0 aliphatic rings. The molecule has 124 valence electrons. The van der Waals surface area contributed by atoms with Crippen molar-refractivity contribution in [1.29, 1.82) is 0 Å². The molecule has 5 nitrogen and oxygen atoms in total. The number of thioether (sulfide) groups is 1. The van der Waals surface area contributed by atoms with Crippen molar-refractivity contribution in [3.63, 3.8) is 0 Å². The minimum Gasteiger partial charge on any atom is -0.444 e. The zero-order valence-corrected chi connectivity index (χ0v) is 14.8. The second kappa shape index (κ2) is 10.8. The van der Waals surface area contributed by atoms with Gasteiger partial charge in [-0.3, -0.25) is 4.79 Å². The molecule has 0 saturated carbocycles. The standard InChI is InChI=1S/C15H30N2O3S/c1-6-8-10-17(7-2)13(18)12-21-11-9-16-14(19)20-15(3,4)5/h6-12H2,1-5H3,(H,16,19). The molecule has 0 aromatic carbocycles. The summed E-state index contributed by atoms with van der Waals surface area (Å²) in [5.74, 6) is 1.34. The normalized spacial score (nSPS) is 11.1. The minimum absolute atomic E-state index is 0.174. The van der Waals surface area contributed by atoms with Crippen molar-refractivity contribution in [1.82, 2.24) is 10.2 Å². The van der Waals surface area contributed by atoms with Crippen molar-refractivity contribution in [3.8, 4) is 0 Å². The molecule has 0 aromatic rings. The van der Waals surface area contributed by atoms with Gasteiger partial charge in [0.15, 0.2) is 0 Å². The van der Waals surface area contributed by atoms with Gasteiger partial charge in [-0.25, -0.2) is 4.79 Å². The lowest BCUT2D eigenvalue weighted by Gasteiger charge is -2.20. The minimum atomic E-state index is -0.478. The Labute approximate surface area is 133 Å². The third-order valence-corrected chi connectivity index (χ3v) is 3.60. The maximum Gasteiger partial charge on any atom is 0.407 e. The lowest BCUT2D eigenvalue weighted by molar-refractivity contribution is -0.128. The van der Waals surface area contributed by atoms with Gasteiger partial charge in [0, 0.05) is 25.4 Å². The van der Waals surface area contributed by atoms with Crippen molar-refractivity contribution in [3.05, 3.63) is 0 Å². The predicted molar refractivity (Wildman–Crippen MR) is 88.7 cm³/mol. The first-order valence-corrected chi connectivity index (χ1v) is 8.78. The summed E-state index contributed by atoms with van der Waals surface area (Å²) >= 11 is 1.54. The third kappa shape index (κ3) is 11.4. The Balaban J connectivity index is 3.74. The van der Waals surface area contributed by atoms with Crippen molar-refractivity contribution < 1.29 is 14.3 Å². The van der Waals surface area contributed by atoms with Gasteiger partial charge in [-0.2, -0.15) is 11.8 Å². The first-order valence-electron chi connectivity index (χ1n) is 7.62. The highest BCUT2D eigenvalue weighted by Gasteiger charge is 2.15. The van der Waals surface area contributed by atoms with Gasteiger partial charge < -0.3 is 15.0 Å². The van der Waals surface area contributed by atoms with Crippen LogP contribution in [0.25, 0.3) is 0 Å². The lowest BCUT2D eigenvalue weighted by Crippen LogP contribution is -2.34. The number of unbranched alkanes of at least 4 members (excludes halogenated alkanes) is 1. The molecule has 0 spiro atoms. The van der Waals surface area contributed by atoms with Crippen molar-refractivity contribution in [2.75, 3.05) is 31.1 Å². The number of nitrogens with zero attached hydrogens (tertiary/aromatic N) is 1. The van der Waals surface area contributed by atoms with Gasteiger partial charge in [-0.15, -0.1) is 0 Å². The maximum absolute atomic E-state index is 12.0. The predicted octanol–water partition coefficient (Wildman–Crippen LogP) is 2.89. The summed E-state index contributed by atoms with van der Waals surface area (Å²) in [6.07, 6.45) is 1.73. The van der Waals surface area contributed by atoms with Crippen LogP contribution in [0.3, 0.4) is 0 Å². The Hall–Kier alpha value is -0.910. The highest BCUT2D eigenvalue weighted by molar-refractivity contribution is 7.99. The number of carbonyl (C=O) groups excluding carboxylic acids is 2. The smallest absolute Gasteiger partial charge is 0.407 e. The molecule has 0 atom stereocenters. The molecule has 1 N–H and O–H groups in total. The van der Waals surface area contributed by atoms with Gasteiger partial charge in [-0.05, 0) is 34.1 Å². The summed E-state index contributed by atoms with van der Waals surface area (Å²) < 4.78 is 5.13. The van der Waals surface area contributed by atoms with Crippen LogP contribution in [-0.4, -0.2) is 53.6 Å². The number of rotatable bonds is 9. The molecular weight excluding hydrogens is 288 g/mol. The van der Waals surface area contributed by atoms with E-state index in [1.54, 1.807) is 0 Å². The van der Waals surface area contributed by atoms with Crippen LogP contribution < -0.4 is 5.32 Å². The monoisotopic (exact) mass is 318 g/mol. The van der Waals surface area contributed by atoms with E-state index in [4.69, 9.17) is 4.74 Å². The van der Waals surface area contributed by atoms with E-state index in [2.05, 4.69) is 12.2 Å². The average Bonchev–Trinajstić information content (AvgIpc) is 2.37. The molecule has 6 heteroatoms. The molecular formula is C15H30N2O3S. The van der Waals surface area contributed by atoms with Gasteiger partial charge in [0.2, 0.25) is 5.91 Å². The van der Waals surface area contributed by atoms with E-state index in [-0.39, 0.29) is 5.91 Å². The van der Waals surface area contributed by atoms with E-state index in [0.29, 0.717) is 18.1 Å². The maximum atomic E-state index is 12.0. The number of ether oxygens (including phenoxy) is 1. The van der Waals surface area contributed by atoms with Crippen LogP contribution in [0.15, 0.2) is 0 Å². The summed E-state index contributed by atoms with van der Waals surface area (Å²) in [5.41, 5.74) is -0.478. The van der Waals surface area contributed by atoms with E-state index in [1.165, 1.54) is 11.8 Å². The third-order valence-electron chi connectivity index (χ3n) is 2.66. The Morgan fingerprint density at radius 2 is 1.90 bits per heavy atom. The van der Waals surface area contributed by atoms with Crippen molar-refractivity contribution in [2.24, 2.45) is 0 Å². The number of carbonyl (C=O) groups is 2. The van der Waals surface area contributed by atoms with Crippen LogP contribution in [0.2, 0.25) is 0 Å². The first-order chi connectivity index (χ1) is 9.80. The topological polar surface area (TPSA) is 58.6 Å². The second-order valence-corrected chi connectivity index (χ2v) is 6.91. The van der Waals surface area contributed by atoms with E-state index in [1.807, 2.05) is 32.6 Å². The van der Waals surface area contributed by atoms with Crippen molar-refractivity contribution in [2.45, 2.75) is 53.1 Å². The Morgan fingerprint density at radius 3 is 2.43 bits per heavy atom. The molecule has 0 radical (unpaired) electrons. The van der Waals surface area contributed by atoms with Gasteiger partial charge in [0.25, 0.3) is 0 Å². The van der Waals surface area contributed by atoms with Gasteiger partial charge in [-0.1, -0.05) is 13.3 Å². The number of amides is 2. The molecule has 0 aromatic heterocycles. The van der Waals surface area contributed by atoms with Gasteiger partial charge in [0.1, 0.15) is 5.60 Å². The Morgan fingerprint density at radius 1 is 1.24 bits per heavy atom.